The molecule has 2 amide bonds. The second-order valence-corrected chi connectivity index (χ2v) is 6.83. The second kappa shape index (κ2) is 7.31. The standard InChI is InChI=1S/C16H28N2O4/c1-12-3-7-16(22-2,8-4-12)11-17-15(21)18-9-5-13(6-10-18)14(19)20/h12-13H,3-11H2,1-2H3,(H,17,21)(H,19,20). The van der Waals surface area contributed by atoms with E-state index in [9.17, 15) is 9.59 Å². The van der Waals surface area contributed by atoms with Crippen LogP contribution in [0.3, 0.4) is 0 Å². The Morgan fingerprint density at radius 3 is 2.32 bits per heavy atom. The van der Waals surface area contributed by atoms with E-state index in [-0.39, 0.29) is 17.6 Å². The predicted molar refractivity (Wildman–Crippen MR) is 82.7 cm³/mol. The van der Waals surface area contributed by atoms with Crippen LogP contribution in [0.4, 0.5) is 4.79 Å². The summed E-state index contributed by atoms with van der Waals surface area (Å²) in [5, 5.41) is 12.0. The first kappa shape index (κ1) is 17.1. The van der Waals surface area contributed by atoms with Gasteiger partial charge in [-0.05, 0) is 44.4 Å². The number of nitrogens with one attached hydrogen (secondary N) is 1. The lowest BCUT2D eigenvalue weighted by Crippen LogP contribution is -2.51. The molecule has 6 heteroatoms. The number of carbonyl (C=O) groups is 2. The van der Waals surface area contributed by atoms with E-state index >= 15 is 0 Å². The van der Waals surface area contributed by atoms with Crippen LogP contribution in [0.15, 0.2) is 0 Å². The van der Waals surface area contributed by atoms with Gasteiger partial charge in [0.1, 0.15) is 0 Å². The van der Waals surface area contributed by atoms with Gasteiger partial charge in [-0.15, -0.1) is 0 Å². The molecule has 2 fully saturated rings. The molecule has 0 atom stereocenters. The van der Waals surface area contributed by atoms with Crippen molar-refractivity contribution in [1.82, 2.24) is 10.2 Å². The number of piperidine rings is 1. The summed E-state index contributed by atoms with van der Waals surface area (Å²) >= 11 is 0. The molecule has 1 aliphatic heterocycles. The molecule has 0 aromatic carbocycles. The number of ether oxygens (including phenoxy) is 1. The number of likely N-dealkylation sites (tertiary alicyclic amines) is 1. The fourth-order valence-corrected chi connectivity index (χ4v) is 3.42. The van der Waals surface area contributed by atoms with Crippen LogP contribution in [-0.2, 0) is 9.53 Å². The van der Waals surface area contributed by atoms with E-state index in [1.54, 1.807) is 12.0 Å². The Kier molecular flexibility index (Phi) is 5.67. The van der Waals surface area contributed by atoms with E-state index in [0.29, 0.717) is 32.5 Å². The molecule has 0 spiro atoms. The topological polar surface area (TPSA) is 78.9 Å². The van der Waals surface area contributed by atoms with E-state index in [1.807, 2.05) is 0 Å². The van der Waals surface area contributed by atoms with Crippen molar-refractivity contribution in [2.45, 2.75) is 51.0 Å². The van der Waals surface area contributed by atoms with Gasteiger partial charge in [0.25, 0.3) is 0 Å². The van der Waals surface area contributed by atoms with Crippen LogP contribution >= 0.6 is 0 Å². The number of hydrogen-bond acceptors (Lipinski definition) is 3. The maximum absolute atomic E-state index is 12.3. The first-order chi connectivity index (χ1) is 10.5. The molecular weight excluding hydrogens is 284 g/mol. The molecule has 22 heavy (non-hydrogen) atoms. The Morgan fingerprint density at radius 1 is 1.23 bits per heavy atom. The average Bonchev–Trinajstić information content (AvgIpc) is 2.54. The van der Waals surface area contributed by atoms with Crippen molar-refractivity contribution in [2.75, 3.05) is 26.7 Å². The van der Waals surface area contributed by atoms with Crippen molar-refractivity contribution in [1.29, 1.82) is 0 Å². The monoisotopic (exact) mass is 312 g/mol. The summed E-state index contributed by atoms with van der Waals surface area (Å²) in [5.74, 6) is -0.335. The van der Waals surface area contributed by atoms with E-state index in [4.69, 9.17) is 9.84 Å². The number of nitrogens with zero attached hydrogens (tertiary/aromatic N) is 1. The van der Waals surface area contributed by atoms with E-state index < -0.39 is 5.97 Å². The molecule has 0 aromatic heterocycles. The summed E-state index contributed by atoms with van der Waals surface area (Å²) in [4.78, 5) is 24.9. The van der Waals surface area contributed by atoms with Gasteiger partial charge in [-0.2, -0.15) is 0 Å². The maximum atomic E-state index is 12.3. The van der Waals surface area contributed by atoms with Gasteiger partial charge in [-0.25, -0.2) is 4.79 Å². The third-order valence-electron chi connectivity index (χ3n) is 5.31. The number of methoxy groups -OCH3 is 1. The van der Waals surface area contributed by atoms with Crippen molar-refractivity contribution >= 4 is 12.0 Å². The van der Waals surface area contributed by atoms with Crippen LogP contribution in [0.25, 0.3) is 0 Å². The Hall–Kier alpha value is -1.30. The first-order valence-corrected chi connectivity index (χ1v) is 8.26. The van der Waals surface area contributed by atoms with Gasteiger partial charge in [0.05, 0.1) is 11.5 Å². The molecule has 0 bridgehead atoms. The fraction of sp³-hybridized carbons (Fsp3) is 0.875. The van der Waals surface area contributed by atoms with Crippen molar-refractivity contribution in [2.24, 2.45) is 11.8 Å². The Bertz CT molecular complexity index is 397. The lowest BCUT2D eigenvalue weighted by atomic mass is 9.79. The van der Waals surface area contributed by atoms with E-state index in [1.165, 1.54) is 0 Å². The molecule has 0 unspecified atom stereocenters. The number of carboxylic acid groups (broad SMARTS) is 1. The number of aliphatic carboxylic acids is 1. The molecule has 2 aliphatic rings. The molecule has 1 saturated heterocycles. The zero-order valence-corrected chi connectivity index (χ0v) is 13.6. The van der Waals surface area contributed by atoms with Gasteiger partial charge >= 0.3 is 12.0 Å². The lowest BCUT2D eigenvalue weighted by Gasteiger charge is -2.39. The number of carboxylic acids is 1. The highest BCUT2D eigenvalue weighted by atomic mass is 16.5. The predicted octanol–water partition coefficient (Wildman–Crippen LogP) is 2.09. The molecule has 0 aromatic rings. The van der Waals surface area contributed by atoms with Crippen LogP contribution in [0, 0.1) is 11.8 Å². The molecule has 1 aliphatic carbocycles. The highest BCUT2D eigenvalue weighted by Gasteiger charge is 2.35. The minimum atomic E-state index is -0.755. The van der Waals surface area contributed by atoms with Gasteiger partial charge < -0.3 is 20.1 Å². The van der Waals surface area contributed by atoms with Crippen LogP contribution in [0.1, 0.15) is 45.4 Å². The minimum absolute atomic E-state index is 0.0983. The van der Waals surface area contributed by atoms with Gasteiger partial charge in [-0.3, -0.25) is 4.79 Å². The van der Waals surface area contributed by atoms with E-state index in [0.717, 1.165) is 31.6 Å². The van der Waals surface area contributed by atoms with Crippen LogP contribution in [0.2, 0.25) is 0 Å². The number of amides is 2. The Morgan fingerprint density at radius 2 is 1.82 bits per heavy atom. The molecule has 6 nitrogen and oxygen atoms in total. The lowest BCUT2D eigenvalue weighted by molar-refractivity contribution is -0.143. The molecule has 2 rings (SSSR count). The number of carbonyl (C=O) groups excluding carboxylic acids is 1. The maximum Gasteiger partial charge on any atom is 0.317 e. The van der Waals surface area contributed by atoms with Gasteiger partial charge in [0.15, 0.2) is 0 Å². The van der Waals surface area contributed by atoms with Crippen molar-refractivity contribution in [3.63, 3.8) is 0 Å². The van der Waals surface area contributed by atoms with Crippen LogP contribution in [0.5, 0.6) is 0 Å². The molecule has 0 radical (unpaired) electrons. The highest BCUT2D eigenvalue weighted by molar-refractivity contribution is 5.75. The number of rotatable bonds is 4. The Labute approximate surface area is 132 Å². The zero-order valence-electron chi connectivity index (χ0n) is 13.6. The number of hydrogen-bond donors (Lipinski definition) is 2. The number of urea groups is 1. The highest BCUT2D eigenvalue weighted by Crippen LogP contribution is 2.33. The molecule has 126 valence electrons. The Balaban J connectivity index is 1.79. The first-order valence-electron chi connectivity index (χ1n) is 8.26. The minimum Gasteiger partial charge on any atom is -0.481 e. The second-order valence-electron chi connectivity index (χ2n) is 6.83. The summed E-state index contributed by atoms with van der Waals surface area (Å²) < 4.78 is 5.70. The van der Waals surface area contributed by atoms with Crippen molar-refractivity contribution in [3.8, 4) is 0 Å². The van der Waals surface area contributed by atoms with Gasteiger partial charge in [0.2, 0.25) is 0 Å². The van der Waals surface area contributed by atoms with Gasteiger partial charge in [-0.1, -0.05) is 6.92 Å². The van der Waals surface area contributed by atoms with Crippen molar-refractivity contribution < 1.29 is 19.4 Å². The normalized spacial score (nSPS) is 30.1. The smallest absolute Gasteiger partial charge is 0.317 e. The quantitative estimate of drug-likeness (QED) is 0.833. The SMILES string of the molecule is COC1(CNC(=O)N2CCC(C(=O)O)CC2)CCC(C)CC1. The van der Waals surface area contributed by atoms with Crippen LogP contribution < -0.4 is 5.32 Å². The third-order valence-corrected chi connectivity index (χ3v) is 5.31. The summed E-state index contributed by atoms with van der Waals surface area (Å²) in [6.45, 7) is 3.82. The summed E-state index contributed by atoms with van der Waals surface area (Å²) in [6, 6.07) is -0.0983. The molecule has 1 heterocycles. The molecule has 1 saturated carbocycles. The van der Waals surface area contributed by atoms with Gasteiger partial charge in [0, 0.05) is 26.7 Å². The molecular formula is C16H28N2O4. The summed E-state index contributed by atoms with van der Waals surface area (Å²) in [7, 11) is 1.72. The fourth-order valence-electron chi connectivity index (χ4n) is 3.42. The largest absolute Gasteiger partial charge is 0.481 e. The van der Waals surface area contributed by atoms with Crippen molar-refractivity contribution in [3.05, 3.63) is 0 Å². The average molecular weight is 312 g/mol. The van der Waals surface area contributed by atoms with Crippen LogP contribution in [-0.4, -0.2) is 54.4 Å². The summed E-state index contributed by atoms with van der Waals surface area (Å²) in [5.41, 5.74) is -0.235. The molecule has 2 N–H and O–H groups in total. The zero-order chi connectivity index (χ0) is 16.2. The summed E-state index contributed by atoms with van der Waals surface area (Å²) in [6.07, 6.45) is 5.30. The third kappa shape index (κ3) is 4.12. The van der Waals surface area contributed by atoms with E-state index in [2.05, 4.69) is 12.2 Å².